The fourth-order valence-electron chi connectivity index (χ4n) is 4.74. The van der Waals surface area contributed by atoms with Crippen molar-refractivity contribution in [3.8, 4) is 0 Å². The van der Waals surface area contributed by atoms with Crippen LogP contribution in [0.25, 0.3) is 0 Å². The number of anilines is 1. The normalized spacial score (nSPS) is 21.9. The van der Waals surface area contributed by atoms with Crippen molar-refractivity contribution >= 4 is 50.4 Å². The summed E-state index contributed by atoms with van der Waals surface area (Å²) in [5.41, 5.74) is 0. The lowest BCUT2D eigenvalue weighted by molar-refractivity contribution is -0.142. The second-order valence-corrected chi connectivity index (χ2v) is 14.1. The molecule has 10 nitrogen and oxygen atoms in total. The fourth-order valence-corrected chi connectivity index (χ4v) is 7.73. The number of ether oxygens (including phenoxy) is 1. The number of thiazole rings is 1. The van der Waals surface area contributed by atoms with E-state index in [1.54, 1.807) is 27.2 Å². The Kier molecular flexibility index (Phi) is 10.9. The van der Waals surface area contributed by atoms with Gasteiger partial charge in [0.25, 0.3) is 10.2 Å². The molecule has 2 fully saturated rings. The van der Waals surface area contributed by atoms with Crippen molar-refractivity contribution < 1.29 is 22.7 Å². The van der Waals surface area contributed by atoms with Crippen molar-refractivity contribution in [2.24, 2.45) is 5.92 Å². The maximum Gasteiger partial charge on any atom is 0.324 e. The quantitative estimate of drug-likeness (QED) is 0.341. The largest absolute Gasteiger partial charge is 0.466 e. The van der Waals surface area contributed by atoms with Gasteiger partial charge in [-0.2, -0.15) is 17.0 Å². The van der Waals surface area contributed by atoms with Gasteiger partial charge in [0.2, 0.25) is 0 Å². The third kappa shape index (κ3) is 7.80. The number of hydrogen-bond acceptors (Lipinski definition) is 8. The zero-order chi connectivity index (χ0) is 26.3. The number of piperidine rings is 1. The van der Waals surface area contributed by atoms with Gasteiger partial charge in [-0.15, -0.1) is 11.8 Å². The van der Waals surface area contributed by atoms with Crippen LogP contribution in [0.4, 0.5) is 9.93 Å². The first kappa shape index (κ1) is 29.2. The average molecular weight is 562 g/mol. The van der Waals surface area contributed by atoms with E-state index in [-0.39, 0.29) is 24.1 Å². The molecule has 36 heavy (non-hydrogen) atoms. The van der Waals surface area contributed by atoms with Gasteiger partial charge in [0, 0.05) is 45.0 Å². The highest BCUT2D eigenvalue weighted by Crippen LogP contribution is 2.33. The van der Waals surface area contributed by atoms with Crippen LogP contribution in [0.3, 0.4) is 0 Å². The molecule has 0 aromatic carbocycles. The number of amides is 2. The van der Waals surface area contributed by atoms with Crippen LogP contribution in [0.2, 0.25) is 0 Å². The molecule has 2 heterocycles. The van der Waals surface area contributed by atoms with E-state index in [0.29, 0.717) is 55.8 Å². The van der Waals surface area contributed by atoms with E-state index in [9.17, 15) is 18.0 Å². The van der Waals surface area contributed by atoms with Crippen LogP contribution in [-0.4, -0.2) is 90.5 Å². The van der Waals surface area contributed by atoms with Gasteiger partial charge in [0.1, 0.15) is 0 Å². The van der Waals surface area contributed by atoms with Gasteiger partial charge in [0.05, 0.1) is 23.4 Å². The molecule has 204 valence electrons. The molecule has 0 bridgehead atoms. The van der Waals surface area contributed by atoms with Gasteiger partial charge in [-0.1, -0.05) is 18.3 Å². The van der Waals surface area contributed by atoms with Crippen molar-refractivity contribution in [2.45, 2.75) is 75.1 Å². The average Bonchev–Trinajstić information content (AvgIpc) is 3.28. The molecule has 1 aromatic heterocycles. The van der Waals surface area contributed by atoms with E-state index in [2.05, 4.69) is 17.2 Å². The number of carbonyl (C=O) groups is 2. The van der Waals surface area contributed by atoms with Crippen LogP contribution in [-0.2, 0) is 19.7 Å². The molecule has 2 amide bonds. The number of nitrogens with zero attached hydrogens (tertiary/aromatic N) is 4. The Morgan fingerprint density at radius 3 is 2.42 bits per heavy atom. The molecule has 1 N–H and O–H groups in total. The molecule has 2 aliphatic rings. The molecule has 0 radical (unpaired) electrons. The van der Waals surface area contributed by atoms with Gasteiger partial charge in [-0.05, 0) is 51.4 Å². The van der Waals surface area contributed by atoms with Crippen LogP contribution in [0.5, 0.6) is 0 Å². The van der Waals surface area contributed by atoms with Gasteiger partial charge < -0.3 is 9.64 Å². The standard InChI is InChI=1S/C23H39N5O5S3/c1-5-33-20(29)12-15-34-21-16-24-22(35-21)25-23(30)28(18-8-6-17(2)7-9-18)19-10-13-27(14-11-19)36(31,32)26(3)4/h16-19H,5-15H2,1-4H3,(H,24,25,30)/t17-,18-. The topological polar surface area (TPSA) is 112 Å². The molecule has 1 aromatic rings. The highest BCUT2D eigenvalue weighted by atomic mass is 32.2. The number of urea groups is 1. The Labute approximate surface area is 223 Å². The van der Waals surface area contributed by atoms with Crippen molar-refractivity contribution in [3.05, 3.63) is 6.20 Å². The predicted molar refractivity (Wildman–Crippen MR) is 144 cm³/mol. The molecular weight excluding hydrogens is 522 g/mol. The van der Waals surface area contributed by atoms with Crippen LogP contribution in [0, 0.1) is 5.92 Å². The van der Waals surface area contributed by atoms with E-state index in [4.69, 9.17) is 4.74 Å². The Hall–Kier alpha value is -1.41. The molecule has 1 saturated carbocycles. The lowest BCUT2D eigenvalue weighted by Crippen LogP contribution is -2.55. The fraction of sp³-hybridized carbons (Fsp3) is 0.783. The van der Waals surface area contributed by atoms with E-state index >= 15 is 0 Å². The lowest BCUT2D eigenvalue weighted by atomic mass is 9.85. The number of hydrogen-bond donors (Lipinski definition) is 1. The third-order valence-electron chi connectivity index (χ3n) is 6.77. The van der Waals surface area contributed by atoms with E-state index in [1.165, 1.54) is 31.7 Å². The molecule has 0 unspecified atom stereocenters. The monoisotopic (exact) mass is 561 g/mol. The molecule has 1 aliphatic heterocycles. The molecule has 1 aliphatic carbocycles. The zero-order valence-corrected chi connectivity index (χ0v) is 24.1. The van der Waals surface area contributed by atoms with Gasteiger partial charge in [-0.3, -0.25) is 10.1 Å². The van der Waals surface area contributed by atoms with E-state index in [1.807, 2.05) is 4.90 Å². The molecule has 13 heteroatoms. The summed E-state index contributed by atoms with van der Waals surface area (Å²) in [6, 6.07) is -0.0436. The molecule has 1 saturated heterocycles. The highest BCUT2D eigenvalue weighted by molar-refractivity contribution is 8.01. The molecule has 0 atom stereocenters. The third-order valence-corrected chi connectivity index (χ3v) is 10.8. The lowest BCUT2D eigenvalue weighted by Gasteiger charge is -2.44. The summed E-state index contributed by atoms with van der Waals surface area (Å²) < 4.78 is 33.7. The first-order valence-corrected chi connectivity index (χ1v) is 15.8. The van der Waals surface area contributed by atoms with Crippen molar-refractivity contribution in [1.29, 1.82) is 0 Å². The minimum absolute atomic E-state index is 0.0181. The predicted octanol–water partition coefficient (Wildman–Crippen LogP) is 3.87. The van der Waals surface area contributed by atoms with Crippen molar-refractivity contribution in [3.63, 3.8) is 0 Å². The zero-order valence-electron chi connectivity index (χ0n) is 21.6. The summed E-state index contributed by atoms with van der Waals surface area (Å²) in [6.07, 6.45) is 7.34. The number of carbonyl (C=O) groups excluding carboxylic acids is 2. The van der Waals surface area contributed by atoms with E-state index in [0.717, 1.165) is 29.9 Å². The maximum atomic E-state index is 13.5. The van der Waals surface area contributed by atoms with Gasteiger partial charge in [0.15, 0.2) is 5.13 Å². The molecular formula is C23H39N5O5S3. The summed E-state index contributed by atoms with van der Waals surface area (Å²) in [5.74, 6) is 1.03. The van der Waals surface area contributed by atoms with Crippen LogP contribution >= 0.6 is 23.1 Å². The Morgan fingerprint density at radius 2 is 1.81 bits per heavy atom. The second kappa shape index (κ2) is 13.4. The Bertz CT molecular complexity index is 971. The smallest absolute Gasteiger partial charge is 0.324 e. The Morgan fingerprint density at radius 1 is 1.17 bits per heavy atom. The minimum Gasteiger partial charge on any atom is -0.466 e. The second-order valence-electron chi connectivity index (χ2n) is 9.56. The van der Waals surface area contributed by atoms with Gasteiger partial charge in [-0.25, -0.2) is 9.78 Å². The maximum absolute atomic E-state index is 13.5. The molecule has 0 spiro atoms. The summed E-state index contributed by atoms with van der Waals surface area (Å²) in [7, 11) is -0.369. The van der Waals surface area contributed by atoms with Crippen LogP contribution in [0.1, 0.15) is 58.8 Å². The van der Waals surface area contributed by atoms with Crippen LogP contribution < -0.4 is 5.32 Å². The number of aromatic nitrogens is 1. The van der Waals surface area contributed by atoms with E-state index < -0.39 is 10.2 Å². The van der Waals surface area contributed by atoms with Crippen molar-refractivity contribution in [1.82, 2.24) is 18.5 Å². The first-order chi connectivity index (χ1) is 17.1. The number of thioether (sulfide) groups is 1. The SMILES string of the molecule is CCOC(=O)CCSc1cnc(NC(=O)N(C2CCN(S(=O)(=O)N(C)C)CC2)[C@H]2CC[C@H](C)CC2)s1. The Balaban J connectivity index is 1.63. The summed E-state index contributed by atoms with van der Waals surface area (Å²) in [4.78, 5) is 31.4. The first-order valence-electron chi connectivity index (χ1n) is 12.6. The number of nitrogens with one attached hydrogen (secondary N) is 1. The van der Waals surface area contributed by atoms with Crippen molar-refractivity contribution in [2.75, 3.05) is 44.9 Å². The number of rotatable bonds is 10. The molecule has 3 rings (SSSR count). The summed E-state index contributed by atoms with van der Waals surface area (Å²) in [6.45, 7) is 5.21. The number of esters is 1. The highest BCUT2D eigenvalue weighted by Gasteiger charge is 2.37. The van der Waals surface area contributed by atoms with Crippen LogP contribution in [0.15, 0.2) is 10.4 Å². The minimum atomic E-state index is -3.46. The summed E-state index contributed by atoms with van der Waals surface area (Å²) >= 11 is 2.91. The van der Waals surface area contributed by atoms with Gasteiger partial charge >= 0.3 is 12.0 Å². The summed E-state index contributed by atoms with van der Waals surface area (Å²) in [5, 5.41) is 3.52.